The third-order valence-electron chi connectivity index (χ3n) is 5.44. The van der Waals surface area contributed by atoms with Gasteiger partial charge in [-0.1, -0.05) is 11.3 Å². The maximum atomic E-state index is 14.6. The minimum Gasteiger partial charge on any atom is -0.444 e. The minimum absolute atomic E-state index is 0.0745. The van der Waals surface area contributed by atoms with Gasteiger partial charge in [0.1, 0.15) is 16.3 Å². The van der Waals surface area contributed by atoms with Crippen molar-refractivity contribution in [2.75, 3.05) is 16.0 Å². The Balaban J connectivity index is 1.42. The fraction of sp³-hybridized carbons (Fsp3) is 0.375. The summed E-state index contributed by atoms with van der Waals surface area (Å²) in [6.45, 7) is 6.67. The van der Waals surface area contributed by atoms with Crippen LogP contribution in [0.2, 0.25) is 0 Å². The number of hydrogen-bond donors (Lipinski definition) is 3. The van der Waals surface area contributed by atoms with Crippen LogP contribution in [0.4, 0.5) is 34.6 Å². The first-order valence-corrected chi connectivity index (χ1v) is 12.3. The molecule has 1 aromatic carbocycles. The zero-order chi connectivity index (χ0) is 27.8. The van der Waals surface area contributed by atoms with Crippen molar-refractivity contribution in [1.82, 2.24) is 14.8 Å². The Bertz CT molecular complexity index is 1390. The average Bonchev–Trinajstić information content (AvgIpc) is 3.42. The second-order valence-corrected chi connectivity index (χ2v) is 10.8. The monoisotopic (exact) mass is 550 g/mol. The molecule has 0 radical (unpaired) electrons. The first-order chi connectivity index (χ1) is 17.7. The molecule has 1 saturated carbocycles. The summed E-state index contributed by atoms with van der Waals surface area (Å²) < 4.78 is 47.4. The van der Waals surface area contributed by atoms with E-state index in [1.807, 2.05) is 0 Å². The Hall–Kier alpha value is -3.94. The van der Waals surface area contributed by atoms with E-state index in [1.54, 1.807) is 27.7 Å². The molecule has 0 spiro atoms. The van der Waals surface area contributed by atoms with E-state index in [9.17, 15) is 27.6 Å². The first kappa shape index (κ1) is 27.1. The molecule has 2 heterocycles. The summed E-state index contributed by atoms with van der Waals surface area (Å²) in [4.78, 5) is 41.5. The highest BCUT2D eigenvalue weighted by Crippen LogP contribution is 2.45. The van der Waals surface area contributed by atoms with Crippen molar-refractivity contribution in [3.8, 4) is 0 Å². The van der Waals surface area contributed by atoms with Crippen molar-refractivity contribution in [3.63, 3.8) is 0 Å². The van der Waals surface area contributed by atoms with Crippen LogP contribution in [0.15, 0.2) is 30.6 Å². The number of alkyl halides is 2. The van der Waals surface area contributed by atoms with Crippen LogP contribution >= 0.6 is 11.3 Å². The van der Waals surface area contributed by atoms with Crippen molar-refractivity contribution < 1.29 is 32.3 Å². The SMILES string of the molecule is Cc1cc(F)c(C(=O)Nc2ccn(C3CC(F)(F)C3)n2)cc1NC(=O)c1cnc(NC(=O)OC(C)(C)C)s1. The van der Waals surface area contributed by atoms with Crippen molar-refractivity contribution in [2.45, 2.75) is 58.1 Å². The molecule has 202 valence electrons. The van der Waals surface area contributed by atoms with Crippen LogP contribution in [0.1, 0.15) is 65.2 Å². The Morgan fingerprint density at radius 2 is 1.84 bits per heavy atom. The maximum Gasteiger partial charge on any atom is 0.413 e. The minimum atomic E-state index is -2.72. The van der Waals surface area contributed by atoms with Crippen LogP contribution in [0.5, 0.6) is 0 Å². The van der Waals surface area contributed by atoms with Crippen LogP contribution in [0.25, 0.3) is 0 Å². The lowest BCUT2D eigenvalue weighted by molar-refractivity contribution is -0.106. The quantitative estimate of drug-likeness (QED) is 0.366. The Morgan fingerprint density at radius 1 is 1.13 bits per heavy atom. The number of thiazole rings is 1. The zero-order valence-electron chi connectivity index (χ0n) is 20.9. The van der Waals surface area contributed by atoms with Gasteiger partial charge in [0.15, 0.2) is 10.9 Å². The van der Waals surface area contributed by atoms with E-state index in [4.69, 9.17) is 4.74 Å². The highest BCUT2D eigenvalue weighted by Gasteiger charge is 2.46. The molecular formula is C24H25F3N6O4S. The van der Waals surface area contributed by atoms with Crippen LogP contribution in [0.3, 0.4) is 0 Å². The highest BCUT2D eigenvalue weighted by molar-refractivity contribution is 7.17. The number of amides is 3. The average molecular weight is 551 g/mol. The highest BCUT2D eigenvalue weighted by atomic mass is 32.1. The molecule has 4 rings (SSSR count). The number of aromatic nitrogens is 3. The molecule has 2 aromatic heterocycles. The van der Waals surface area contributed by atoms with E-state index in [0.717, 1.165) is 17.4 Å². The number of rotatable bonds is 6. The molecule has 14 heteroatoms. The fourth-order valence-electron chi connectivity index (χ4n) is 3.60. The number of carbonyl (C=O) groups excluding carboxylic acids is 3. The van der Waals surface area contributed by atoms with Gasteiger partial charge < -0.3 is 15.4 Å². The van der Waals surface area contributed by atoms with Crippen molar-refractivity contribution in [3.05, 3.63) is 52.4 Å². The summed E-state index contributed by atoms with van der Waals surface area (Å²) in [7, 11) is 0. The summed E-state index contributed by atoms with van der Waals surface area (Å²) in [6, 6.07) is 3.24. The zero-order valence-corrected chi connectivity index (χ0v) is 21.7. The van der Waals surface area contributed by atoms with E-state index < -0.39 is 41.3 Å². The van der Waals surface area contributed by atoms with Crippen LogP contribution < -0.4 is 16.0 Å². The number of ether oxygens (including phenoxy) is 1. The second kappa shape index (κ2) is 10.1. The number of anilines is 3. The molecular weight excluding hydrogens is 525 g/mol. The van der Waals surface area contributed by atoms with Gasteiger partial charge in [0.05, 0.1) is 17.8 Å². The topological polar surface area (TPSA) is 127 Å². The third kappa shape index (κ3) is 6.49. The summed E-state index contributed by atoms with van der Waals surface area (Å²) in [5.41, 5.74) is -0.523. The van der Waals surface area contributed by atoms with Crippen molar-refractivity contribution >= 4 is 45.9 Å². The summed E-state index contributed by atoms with van der Waals surface area (Å²) in [5.74, 6) is -4.88. The smallest absolute Gasteiger partial charge is 0.413 e. The van der Waals surface area contributed by atoms with E-state index in [-0.39, 0.29) is 39.9 Å². The Labute approximate surface area is 219 Å². The van der Waals surface area contributed by atoms with Gasteiger partial charge in [-0.3, -0.25) is 19.6 Å². The second-order valence-electron chi connectivity index (χ2n) is 9.81. The number of aryl methyl sites for hydroxylation is 1. The number of benzene rings is 1. The van der Waals surface area contributed by atoms with Crippen molar-refractivity contribution in [1.29, 1.82) is 0 Å². The van der Waals surface area contributed by atoms with Crippen LogP contribution in [-0.4, -0.2) is 44.2 Å². The molecule has 0 aliphatic heterocycles. The number of nitrogens with one attached hydrogen (secondary N) is 3. The van der Waals surface area contributed by atoms with Gasteiger partial charge >= 0.3 is 6.09 Å². The molecule has 38 heavy (non-hydrogen) atoms. The van der Waals surface area contributed by atoms with Gasteiger partial charge in [-0.2, -0.15) is 5.10 Å². The predicted octanol–water partition coefficient (Wildman–Crippen LogP) is 5.61. The van der Waals surface area contributed by atoms with Gasteiger partial charge in [-0.05, 0) is 45.4 Å². The van der Waals surface area contributed by atoms with E-state index >= 15 is 0 Å². The van der Waals surface area contributed by atoms with Gasteiger partial charge in [-0.25, -0.2) is 22.9 Å². The molecule has 0 unspecified atom stereocenters. The molecule has 3 aromatic rings. The van der Waals surface area contributed by atoms with E-state index in [1.165, 1.54) is 29.2 Å². The summed E-state index contributed by atoms with van der Waals surface area (Å²) in [5, 5.41) is 11.7. The van der Waals surface area contributed by atoms with E-state index in [2.05, 4.69) is 26.0 Å². The predicted molar refractivity (Wildman–Crippen MR) is 134 cm³/mol. The maximum absolute atomic E-state index is 14.6. The number of hydrogen-bond acceptors (Lipinski definition) is 7. The van der Waals surface area contributed by atoms with Gasteiger partial charge in [0, 0.05) is 30.8 Å². The molecule has 1 aliphatic carbocycles. The standard InChI is InChI=1S/C24H25F3N6O4S/c1-12-7-15(25)14(19(34)30-18-5-6-33(32-18)13-9-24(26,27)10-13)8-16(12)29-20(35)17-11-28-21(38-17)31-22(36)37-23(2,3)4/h5-8,11,13H,9-10H2,1-4H3,(H,29,35)(H,28,31,36)(H,30,32,34). The lowest BCUT2D eigenvalue weighted by Gasteiger charge is -2.34. The molecule has 1 aliphatic rings. The van der Waals surface area contributed by atoms with Crippen LogP contribution in [-0.2, 0) is 4.74 Å². The van der Waals surface area contributed by atoms with Gasteiger partial charge in [0.2, 0.25) is 0 Å². The number of carbonyl (C=O) groups is 3. The molecule has 10 nitrogen and oxygen atoms in total. The van der Waals surface area contributed by atoms with Gasteiger partial charge in [0.25, 0.3) is 17.7 Å². The van der Waals surface area contributed by atoms with Crippen LogP contribution in [0, 0.1) is 12.7 Å². The Kier molecular flexibility index (Phi) is 7.19. The fourth-order valence-corrected chi connectivity index (χ4v) is 4.30. The van der Waals surface area contributed by atoms with E-state index in [0.29, 0.717) is 5.56 Å². The normalized spacial score (nSPS) is 14.9. The molecule has 1 fully saturated rings. The molecule has 0 atom stereocenters. The Morgan fingerprint density at radius 3 is 2.50 bits per heavy atom. The molecule has 0 saturated heterocycles. The molecule has 3 amide bonds. The summed E-state index contributed by atoms with van der Waals surface area (Å²) >= 11 is 0.901. The lowest BCUT2D eigenvalue weighted by Crippen LogP contribution is -2.37. The largest absolute Gasteiger partial charge is 0.444 e. The van der Waals surface area contributed by atoms with Gasteiger partial charge in [-0.15, -0.1) is 0 Å². The first-order valence-electron chi connectivity index (χ1n) is 11.5. The van der Waals surface area contributed by atoms with Crippen molar-refractivity contribution in [2.24, 2.45) is 0 Å². The number of halogens is 3. The summed E-state index contributed by atoms with van der Waals surface area (Å²) in [6.07, 6.45) is 1.33. The molecule has 0 bridgehead atoms. The molecule has 3 N–H and O–H groups in total. The number of nitrogens with zero attached hydrogens (tertiary/aromatic N) is 3. The lowest BCUT2D eigenvalue weighted by atomic mass is 9.88. The third-order valence-corrected chi connectivity index (χ3v) is 6.35.